The van der Waals surface area contributed by atoms with Gasteiger partial charge in [0.1, 0.15) is 10.8 Å². The van der Waals surface area contributed by atoms with Gasteiger partial charge in [0.05, 0.1) is 5.02 Å². The number of benzene rings is 1. The highest BCUT2D eigenvalue weighted by atomic mass is 35.5. The second-order valence-corrected chi connectivity index (χ2v) is 5.53. The Hall–Kier alpha value is -0.970. The predicted molar refractivity (Wildman–Crippen MR) is 73.4 cm³/mol. The van der Waals surface area contributed by atoms with E-state index < -0.39 is 0 Å². The van der Waals surface area contributed by atoms with Gasteiger partial charge in [0.15, 0.2) is 0 Å². The summed E-state index contributed by atoms with van der Waals surface area (Å²) in [6, 6.07) is 4.76. The summed E-state index contributed by atoms with van der Waals surface area (Å²) < 4.78 is 13.0. The summed E-state index contributed by atoms with van der Waals surface area (Å²) in [5.41, 5.74) is 0.966. The van der Waals surface area contributed by atoms with E-state index in [1.165, 1.54) is 10.9 Å². The highest BCUT2D eigenvalue weighted by Crippen LogP contribution is 2.16. The molecule has 18 heavy (non-hydrogen) atoms. The summed E-state index contributed by atoms with van der Waals surface area (Å²) in [6.45, 7) is 3.49. The zero-order valence-electron chi connectivity index (χ0n) is 10.0. The molecule has 1 heterocycles. The maximum absolute atomic E-state index is 13.0. The lowest BCUT2D eigenvalue weighted by atomic mass is 10.2. The van der Waals surface area contributed by atoms with Crippen LogP contribution in [0.4, 0.5) is 4.39 Å². The minimum absolute atomic E-state index is 0.164. The number of rotatable bonds is 5. The minimum Gasteiger partial charge on any atom is -0.306 e. The van der Waals surface area contributed by atoms with Crippen molar-refractivity contribution in [2.45, 2.75) is 26.4 Å². The second kappa shape index (κ2) is 6.27. The molecule has 5 heteroatoms. The van der Waals surface area contributed by atoms with E-state index in [4.69, 9.17) is 11.6 Å². The molecule has 0 radical (unpaired) electrons. The van der Waals surface area contributed by atoms with Gasteiger partial charge in [-0.15, -0.1) is 11.3 Å². The molecule has 0 spiro atoms. The van der Waals surface area contributed by atoms with Crippen LogP contribution in [0.5, 0.6) is 0 Å². The average Bonchev–Trinajstić information content (AvgIpc) is 2.82. The van der Waals surface area contributed by atoms with Gasteiger partial charge in [-0.2, -0.15) is 0 Å². The Morgan fingerprint density at radius 2 is 2.22 bits per heavy atom. The second-order valence-electron chi connectivity index (χ2n) is 3.93. The van der Waals surface area contributed by atoms with Gasteiger partial charge in [-0.25, -0.2) is 9.37 Å². The van der Waals surface area contributed by atoms with Crippen molar-refractivity contribution in [1.82, 2.24) is 10.3 Å². The number of aromatic nitrogens is 1. The Bertz CT molecular complexity index is 527. The van der Waals surface area contributed by atoms with Gasteiger partial charge in [0.25, 0.3) is 0 Å². The highest BCUT2D eigenvalue weighted by molar-refractivity contribution is 7.11. The van der Waals surface area contributed by atoms with E-state index in [1.54, 1.807) is 23.5 Å². The van der Waals surface area contributed by atoms with E-state index in [-0.39, 0.29) is 10.8 Å². The number of aryl methyl sites for hydroxylation is 1. The first-order chi connectivity index (χ1) is 8.69. The molecule has 0 saturated heterocycles. The third-order valence-corrected chi connectivity index (χ3v) is 3.97. The quantitative estimate of drug-likeness (QED) is 0.904. The van der Waals surface area contributed by atoms with Crippen molar-refractivity contribution in [3.8, 4) is 0 Å². The van der Waals surface area contributed by atoms with Crippen LogP contribution in [-0.4, -0.2) is 4.98 Å². The molecule has 0 amide bonds. The monoisotopic (exact) mass is 284 g/mol. The Labute approximate surface area is 115 Å². The molecule has 0 atom stereocenters. The first-order valence-electron chi connectivity index (χ1n) is 5.77. The Kier molecular flexibility index (Phi) is 4.69. The largest absolute Gasteiger partial charge is 0.306 e. The number of halogens is 2. The van der Waals surface area contributed by atoms with E-state index >= 15 is 0 Å². The lowest BCUT2D eigenvalue weighted by Gasteiger charge is -2.04. The summed E-state index contributed by atoms with van der Waals surface area (Å²) in [4.78, 5) is 5.61. The van der Waals surface area contributed by atoms with Crippen LogP contribution in [0.25, 0.3) is 0 Å². The zero-order valence-corrected chi connectivity index (χ0v) is 11.6. The van der Waals surface area contributed by atoms with Crippen LogP contribution in [0, 0.1) is 5.82 Å². The van der Waals surface area contributed by atoms with Crippen molar-refractivity contribution >= 4 is 22.9 Å². The Morgan fingerprint density at radius 1 is 1.39 bits per heavy atom. The fourth-order valence-corrected chi connectivity index (χ4v) is 2.59. The summed E-state index contributed by atoms with van der Waals surface area (Å²) in [6.07, 6.45) is 2.93. The summed E-state index contributed by atoms with van der Waals surface area (Å²) >= 11 is 7.43. The van der Waals surface area contributed by atoms with E-state index in [0.717, 1.165) is 23.5 Å². The smallest absolute Gasteiger partial charge is 0.141 e. The maximum Gasteiger partial charge on any atom is 0.141 e. The molecule has 2 rings (SSSR count). The number of nitrogens with one attached hydrogen (secondary N) is 1. The fraction of sp³-hybridized carbons (Fsp3) is 0.308. The van der Waals surface area contributed by atoms with Crippen LogP contribution in [0.1, 0.15) is 22.4 Å². The summed E-state index contributed by atoms with van der Waals surface area (Å²) in [7, 11) is 0. The molecular formula is C13H14ClFN2S. The van der Waals surface area contributed by atoms with Crippen molar-refractivity contribution < 1.29 is 4.39 Å². The van der Waals surface area contributed by atoms with Crippen LogP contribution in [0.2, 0.25) is 5.02 Å². The summed E-state index contributed by atoms with van der Waals surface area (Å²) in [5.74, 6) is -0.382. The number of thiazole rings is 1. The van der Waals surface area contributed by atoms with Crippen LogP contribution in [0.15, 0.2) is 24.4 Å². The minimum atomic E-state index is -0.382. The van der Waals surface area contributed by atoms with Gasteiger partial charge >= 0.3 is 0 Å². The first kappa shape index (κ1) is 13.5. The molecule has 0 aliphatic heterocycles. The molecule has 1 aromatic carbocycles. The molecule has 1 N–H and O–H groups in total. The third kappa shape index (κ3) is 3.51. The van der Waals surface area contributed by atoms with Crippen LogP contribution >= 0.6 is 22.9 Å². The Morgan fingerprint density at radius 3 is 2.89 bits per heavy atom. The Balaban J connectivity index is 1.86. The van der Waals surface area contributed by atoms with Crippen LogP contribution in [-0.2, 0) is 19.5 Å². The lowest BCUT2D eigenvalue weighted by Crippen LogP contribution is -2.12. The first-order valence-corrected chi connectivity index (χ1v) is 6.96. The highest BCUT2D eigenvalue weighted by Gasteiger charge is 2.02. The molecule has 0 fully saturated rings. The van der Waals surface area contributed by atoms with Gasteiger partial charge in [-0.1, -0.05) is 24.6 Å². The van der Waals surface area contributed by atoms with Gasteiger partial charge in [-0.3, -0.25) is 0 Å². The van der Waals surface area contributed by atoms with Crippen molar-refractivity contribution in [3.63, 3.8) is 0 Å². The number of nitrogens with zero attached hydrogens (tertiary/aromatic N) is 1. The predicted octanol–water partition coefficient (Wildman–Crippen LogP) is 3.79. The van der Waals surface area contributed by atoms with Crippen LogP contribution in [0.3, 0.4) is 0 Å². The normalized spacial score (nSPS) is 10.8. The van der Waals surface area contributed by atoms with Gasteiger partial charge in [0, 0.05) is 24.2 Å². The van der Waals surface area contributed by atoms with Crippen molar-refractivity contribution in [2.24, 2.45) is 0 Å². The number of hydrogen-bond acceptors (Lipinski definition) is 3. The molecule has 0 aliphatic rings. The molecule has 0 unspecified atom stereocenters. The molecule has 96 valence electrons. The molecule has 0 bridgehead atoms. The molecule has 2 aromatic rings. The molecular weight excluding hydrogens is 271 g/mol. The SMILES string of the molecule is CCc1cnc(CNCc2ccc(F)c(Cl)c2)s1. The number of hydrogen-bond donors (Lipinski definition) is 1. The van der Waals surface area contributed by atoms with Crippen LogP contribution < -0.4 is 5.32 Å². The molecule has 2 nitrogen and oxygen atoms in total. The fourth-order valence-electron chi connectivity index (χ4n) is 1.56. The van der Waals surface area contributed by atoms with Gasteiger partial charge in [-0.05, 0) is 24.1 Å². The van der Waals surface area contributed by atoms with Gasteiger partial charge < -0.3 is 5.32 Å². The van der Waals surface area contributed by atoms with Crippen molar-refractivity contribution in [1.29, 1.82) is 0 Å². The van der Waals surface area contributed by atoms with E-state index in [2.05, 4.69) is 17.2 Å². The third-order valence-electron chi connectivity index (χ3n) is 2.54. The summed E-state index contributed by atoms with van der Waals surface area (Å²) in [5, 5.41) is 4.50. The molecule has 0 aliphatic carbocycles. The lowest BCUT2D eigenvalue weighted by molar-refractivity contribution is 0.625. The molecule has 0 saturated carbocycles. The maximum atomic E-state index is 13.0. The van der Waals surface area contributed by atoms with E-state index in [9.17, 15) is 4.39 Å². The zero-order chi connectivity index (χ0) is 13.0. The average molecular weight is 285 g/mol. The van der Waals surface area contributed by atoms with E-state index in [1.807, 2.05) is 6.20 Å². The van der Waals surface area contributed by atoms with E-state index in [0.29, 0.717) is 6.54 Å². The van der Waals surface area contributed by atoms with Gasteiger partial charge in [0.2, 0.25) is 0 Å². The van der Waals surface area contributed by atoms with Crippen molar-refractivity contribution in [2.75, 3.05) is 0 Å². The molecule has 1 aromatic heterocycles. The standard InChI is InChI=1S/C13H14ClFN2S/c1-2-10-7-17-13(18-10)8-16-6-9-3-4-12(15)11(14)5-9/h3-5,7,16H,2,6,8H2,1H3. The topological polar surface area (TPSA) is 24.9 Å². The van der Waals surface area contributed by atoms with Crippen molar-refractivity contribution in [3.05, 3.63) is 50.7 Å².